The highest BCUT2D eigenvalue weighted by atomic mass is 79.9. The van der Waals surface area contributed by atoms with E-state index in [1.165, 1.54) is 17.0 Å². The van der Waals surface area contributed by atoms with Gasteiger partial charge in [-0.25, -0.2) is 0 Å². The average molecular weight is 352 g/mol. The summed E-state index contributed by atoms with van der Waals surface area (Å²) in [6.45, 7) is 3.88. The molecular weight excluding hydrogens is 335 g/mol. The lowest BCUT2D eigenvalue weighted by Gasteiger charge is -2.25. The fourth-order valence-electron chi connectivity index (χ4n) is 1.89. The Hall–Kier alpha value is -1.04. The molecule has 0 heterocycles. The predicted octanol–water partition coefficient (Wildman–Crippen LogP) is 4.73. The van der Waals surface area contributed by atoms with Crippen LogP contribution in [0.25, 0.3) is 0 Å². The van der Waals surface area contributed by atoms with Crippen molar-refractivity contribution in [3.8, 4) is 0 Å². The molecule has 0 fully saturated rings. The highest BCUT2D eigenvalue weighted by Gasteiger charge is 2.34. The Morgan fingerprint density at radius 1 is 1.40 bits per heavy atom. The van der Waals surface area contributed by atoms with Gasteiger partial charge in [-0.05, 0) is 31.5 Å². The third-order valence-electron chi connectivity index (χ3n) is 3.21. The van der Waals surface area contributed by atoms with Crippen molar-refractivity contribution >= 4 is 21.8 Å². The number of halogens is 4. The molecule has 112 valence electrons. The fourth-order valence-corrected chi connectivity index (χ4v) is 2.36. The minimum atomic E-state index is -4.48. The Labute approximate surface area is 125 Å². The van der Waals surface area contributed by atoms with E-state index in [1.807, 2.05) is 13.8 Å². The second-order valence-electron chi connectivity index (χ2n) is 4.75. The Morgan fingerprint density at radius 2 is 2.00 bits per heavy atom. The monoisotopic (exact) mass is 351 g/mol. The molecule has 0 saturated carbocycles. The highest BCUT2D eigenvalue weighted by molar-refractivity contribution is 9.10. The minimum absolute atomic E-state index is 0.00881. The van der Waals surface area contributed by atoms with E-state index in [2.05, 4.69) is 15.9 Å². The van der Waals surface area contributed by atoms with Crippen LogP contribution in [-0.4, -0.2) is 23.9 Å². The maximum atomic E-state index is 12.8. The van der Waals surface area contributed by atoms with Crippen LogP contribution in [0.4, 0.5) is 13.2 Å². The van der Waals surface area contributed by atoms with Crippen molar-refractivity contribution < 1.29 is 18.0 Å². The molecule has 0 saturated heterocycles. The van der Waals surface area contributed by atoms with Crippen molar-refractivity contribution in [2.24, 2.45) is 0 Å². The smallest absolute Gasteiger partial charge is 0.339 e. The van der Waals surface area contributed by atoms with Crippen molar-refractivity contribution in [2.45, 2.75) is 38.9 Å². The Morgan fingerprint density at radius 3 is 2.50 bits per heavy atom. The summed E-state index contributed by atoms with van der Waals surface area (Å²) in [7, 11) is 1.61. The van der Waals surface area contributed by atoms with Crippen LogP contribution < -0.4 is 0 Å². The molecule has 0 bridgehead atoms. The molecule has 1 amide bonds. The van der Waals surface area contributed by atoms with Crippen molar-refractivity contribution in [3.05, 3.63) is 33.8 Å². The first-order chi connectivity index (χ1) is 9.18. The summed E-state index contributed by atoms with van der Waals surface area (Å²) >= 11 is 2.86. The number of alkyl halides is 3. The summed E-state index contributed by atoms with van der Waals surface area (Å²) < 4.78 is 38.4. The maximum Gasteiger partial charge on any atom is 0.417 e. The van der Waals surface area contributed by atoms with Gasteiger partial charge in [0.2, 0.25) is 0 Å². The Kier molecular flexibility index (Phi) is 5.62. The van der Waals surface area contributed by atoms with Gasteiger partial charge < -0.3 is 4.90 Å². The van der Waals surface area contributed by atoms with E-state index in [1.54, 1.807) is 7.05 Å². The molecule has 0 aromatic heterocycles. The lowest BCUT2D eigenvalue weighted by molar-refractivity contribution is -0.138. The summed E-state index contributed by atoms with van der Waals surface area (Å²) in [6, 6.07) is 3.54. The third-order valence-corrected chi connectivity index (χ3v) is 3.90. The average Bonchev–Trinajstić information content (AvgIpc) is 2.36. The molecule has 0 N–H and O–H groups in total. The Bertz CT molecular complexity index is 488. The van der Waals surface area contributed by atoms with E-state index < -0.39 is 17.6 Å². The van der Waals surface area contributed by atoms with Gasteiger partial charge in [0, 0.05) is 23.1 Å². The van der Waals surface area contributed by atoms with Gasteiger partial charge in [-0.15, -0.1) is 0 Å². The lowest BCUT2D eigenvalue weighted by atomic mass is 10.1. The van der Waals surface area contributed by atoms with E-state index in [0.717, 1.165) is 18.9 Å². The van der Waals surface area contributed by atoms with E-state index in [0.29, 0.717) is 0 Å². The van der Waals surface area contributed by atoms with Crippen LogP contribution in [0.5, 0.6) is 0 Å². The van der Waals surface area contributed by atoms with E-state index in [4.69, 9.17) is 0 Å². The van der Waals surface area contributed by atoms with Crippen LogP contribution in [0.1, 0.15) is 42.6 Å². The highest BCUT2D eigenvalue weighted by Crippen LogP contribution is 2.35. The number of hydrogen-bond acceptors (Lipinski definition) is 1. The Balaban J connectivity index is 3.06. The van der Waals surface area contributed by atoms with Crippen molar-refractivity contribution in [1.29, 1.82) is 0 Å². The molecule has 1 atom stereocenters. The van der Waals surface area contributed by atoms with E-state index >= 15 is 0 Å². The zero-order chi connectivity index (χ0) is 15.5. The summed E-state index contributed by atoms with van der Waals surface area (Å²) in [6.07, 6.45) is -2.76. The largest absolute Gasteiger partial charge is 0.417 e. The van der Waals surface area contributed by atoms with Crippen molar-refractivity contribution in [3.63, 3.8) is 0 Å². The van der Waals surface area contributed by atoms with Gasteiger partial charge in [-0.2, -0.15) is 13.2 Å². The predicted molar refractivity (Wildman–Crippen MR) is 75.6 cm³/mol. The molecule has 1 rings (SSSR count). The van der Waals surface area contributed by atoms with Gasteiger partial charge in [-0.3, -0.25) is 4.79 Å². The standard InChI is InChI=1S/C14H17BrF3NO/c1-4-5-9(2)19(3)13(20)10-6-7-12(15)11(8-10)14(16,17)18/h6-9H,4-5H2,1-3H3. The molecule has 1 unspecified atom stereocenters. The fraction of sp³-hybridized carbons (Fsp3) is 0.500. The van der Waals surface area contributed by atoms with Crippen molar-refractivity contribution in [2.75, 3.05) is 7.05 Å². The SMILES string of the molecule is CCCC(C)N(C)C(=O)c1ccc(Br)c(C(F)(F)F)c1. The zero-order valence-electron chi connectivity index (χ0n) is 11.6. The topological polar surface area (TPSA) is 20.3 Å². The minimum Gasteiger partial charge on any atom is -0.339 e. The van der Waals surface area contributed by atoms with E-state index in [-0.39, 0.29) is 16.1 Å². The molecule has 0 aliphatic heterocycles. The first-order valence-corrected chi connectivity index (χ1v) is 7.11. The number of carbonyl (C=O) groups excluding carboxylic acids is 1. The number of amides is 1. The summed E-state index contributed by atoms with van der Waals surface area (Å²) in [4.78, 5) is 13.7. The molecular formula is C14H17BrF3NO. The molecule has 2 nitrogen and oxygen atoms in total. The second kappa shape index (κ2) is 6.61. The number of nitrogens with zero attached hydrogens (tertiary/aromatic N) is 1. The van der Waals surface area contributed by atoms with Crippen LogP contribution in [-0.2, 0) is 6.18 Å². The summed E-state index contributed by atoms with van der Waals surface area (Å²) in [5, 5.41) is 0. The van der Waals surface area contributed by atoms with Gasteiger partial charge in [0.25, 0.3) is 5.91 Å². The van der Waals surface area contributed by atoms with Crippen LogP contribution in [0.2, 0.25) is 0 Å². The van der Waals surface area contributed by atoms with Gasteiger partial charge >= 0.3 is 6.18 Å². The molecule has 0 aliphatic rings. The molecule has 1 aromatic carbocycles. The molecule has 20 heavy (non-hydrogen) atoms. The quantitative estimate of drug-likeness (QED) is 0.767. The third kappa shape index (κ3) is 3.98. The van der Waals surface area contributed by atoms with Gasteiger partial charge in [0.1, 0.15) is 0 Å². The van der Waals surface area contributed by atoms with Crippen LogP contribution in [0.3, 0.4) is 0 Å². The molecule has 0 aliphatic carbocycles. The normalized spacial score (nSPS) is 13.2. The van der Waals surface area contributed by atoms with Crippen molar-refractivity contribution in [1.82, 2.24) is 4.90 Å². The van der Waals surface area contributed by atoms with Gasteiger partial charge in [0.05, 0.1) is 5.56 Å². The molecule has 1 aromatic rings. The first-order valence-electron chi connectivity index (χ1n) is 6.32. The maximum absolute atomic E-state index is 12.8. The van der Waals surface area contributed by atoms with E-state index in [9.17, 15) is 18.0 Å². The molecule has 0 radical (unpaired) electrons. The van der Waals surface area contributed by atoms with Crippen LogP contribution in [0, 0.1) is 0 Å². The van der Waals surface area contributed by atoms with Gasteiger partial charge in [-0.1, -0.05) is 29.3 Å². The lowest BCUT2D eigenvalue weighted by Crippen LogP contribution is -2.35. The number of benzene rings is 1. The number of hydrogen-bond donors (Lipinski definition) is 0. The van der Waals surface area contributed by atoms with Crippen LogP contribution >= 0.6 is 15.9 Å². The molecule has 6 heteroatoms. The molecule has 0 spiro atoms. The summed E-state index contributed by atoms with van der Waals surface area (Å²) in [5.41, 5.74) is -0.786. The summed E-state index contributed by atoms with van der Waals surface area (Å²) in [5.74, 6) is -0.399. The number of carbonyl (C=O) groups is 1. The first kappa shape index (κ1) is 17.0. The van der Waals surface area contributed by atoms with Crippen LogP contribution in [0.15, 0.2) is 22.7 Å². The van der Waals surface area contributed by atoms with Gasteiger partial charge in [0.15, 0.2) is 0 Å². The number of rotatable bonds is 4. The second-order valence-corrected chi connectivity index (χ2v) is 5.60. The zero-order valence-corrected chi connectivity index (χ0v) is 13.2.